The van der Waals surface area contributed by atoms with Crippen LogP contribution in [0.4, 0.5) is 0 Å². The quantitative estimate of drug-likeness (QED) is 0.768. The molecule has 0 unspecified atom stereocenters. The van der Waals surface area contributed by atoms with Crippen molar-refractivity contribution in [2.45, 2.75) is 25.8 Å². The summed E-state index contributed by atoms with van der Waals surface area (Å²) in [5, 5.41) is 8.61. The van der Waals surface area contributed by atoms with Gasteiger partial charge in [-0.25, -0.2) is 0 Å². The predicted octanol–water partition coefficient (Wildman–Crippen LogP) is 0.376. The summed E-state index contributed by atoms with van der Waals surface area (Å²) in [6.45, 7) is 1.03. The number of rotatable bonds is 5. The third kappa shape index (κ3) is 2.68. The zero-order chi connectivity index (χ0) is 13.0. The molecule has 1 aromatic rings. The summed E-state index contributed by atoms with van der Waals surface area (Å²) in [4.78, 5) is 23.6. The van der Waals surface area contributed by atoms with Crippen LogP contribution in [0.25, 0.3) is 0 Å². The Hall–Kier alpha value is -1.46. The molecule has 1 aromatic heterocycles. The van der Waals surface area contributed by atoms with Gasteiger partial charge < -0.3 is 14.4 Å². The molecule has 0 aliphatic heterocycles. The first-order valence-electron chi connectivity index (χ1n) is 6.18. The van der Waals surface area contributed by atoms with E-state index in [1.165, 1.54) is 6.07 Å². The lowest BCUT2D eigenvalue weighted by Gasteiger charge is -2.19. The van der Waals surface area contributed by atoms with Crippen molar-refractivity contribution in [2.75, 3.05) is 19.8 Å². The van der Waals surface area contributed by atoms with Crippen LogP contribution >= 0.6 is 0 Å². The molecule has 0 radical (unpaired) electrons. The van der Waals surface area contributed by atoms with E-state index in [9.17, 15) is 9.59 Å². The minimum absolute atomic E-state index is 0.0275. The van der Waals surface area contributed by atoms with Crippen LogP contribution < -0.4 is 5.56 Å². The second kappa shape index (κ2) is 5.93. The van der Waals surface area contributed by atoms with Gasteiger partial charge in [-0.3, -0.25) is 9.59 Å². The van der Waals surface area contributed by atoms with Crippen molar-refractivity contribution < 1.29 is 14.6 Å². The predicted molar refractivity (Wildman–Crippen MR) is 65.9 cm³/mol. The Morgan fingerprint density at radius 3 is 2.83 bits per heavy atom. The lowest BCUT2D eigenvalue weighted by atomic mass is 9.94. The van der Waals surface area contributed by atoms with Crippen LogP contribution in [0.5, 0.6) is 0 Å². The lowest BCUT2D eigenvalue weighted by Crippen LogP contribution is -2.29. The minimum atomic E-state index is -0.101. The highest BCUT2D eigenvalue weighted by molar-refractivity contribution is 5.97. The molecular formula is C13H17NO4. The highest BCUT2D eigenvalue weighted by atomic mass is 16.5. The molecule has 0 aromatic carbocycles. The van der Waals surface area contributed by atoms with Crippen LogP contribution in [0.2, 0.25) is 0 Å². The fraction of sp³-hybridized carbons (Fsp3) is 0.538. The summed E-state index contributed by atoms with van der Waals surface area (Å²) in [5.74, 6) is 0.112. The van der Waals surface area contributed by atoms with Gasteiger partial charge >= 0.3 is 0 Å². The third-order valence-electron chi connectivity index (χ3n) is 3.11. The van der Waals surface area contributed by atoms with Gasteiger partial charge in [-0.2, -0.15) is 0 Å². The molecule has 0 fully saturated rings. The van der Waals surface area contributed by atoms with Gasteiger partial charge in [0.15, 0.2) is 5.78 Å². The highest BCUT2D eigenvalue weighted by Gasteiger charge is 2.20. The molecule has 0 bridgehead atoms. The number of aromatic nitrogens is 1. The molecule has 0 spiro atoms. The summed E-state index contributed by atoms with van der Waals surface area (Å²) >= 11 is 0. The highest BCUT2D eigenvalue weighted by Crippen LogP contribution is 2.19. The largest absolute Gasteiger partial charge is 0.394 e. The van der Waals surface area contributed by atoms with Crippen molar-refractivity contribution >= 4 is 5.78 Å². The van der Waals surface area contributed by atoms with E-state index in [0.717, 1.165) is 18.5 Å². The first-order valence-corrected chi connectivity index (χ1v) is 6.18. The summed E-state index contributed by atoms with van der Waals surface area (Å²) in [6, 6.07) is 3.07. The Morgan fingerprint density at radius 2 is 2.06 bits per heavy atom. The van der Waals surface area contributed by atoms with Crippen LogP contribution in [0.3, 0.4) is 0 Å². The molecule has 5 nitrogen and oxygen atoms in total. The lowest BCUT2D eigenvalue weighted by molar-refractivity contribution is 0.0857. The summed E-state index contributed by atoms with van der Waals surface area (Å²) in [7, 11) is 0. The van der Waals surface area contributed by atoms with E-state index in [0.29, 0.717) is 25.1 Å². The number of Topliss-reactive ketones (excluding diaryl/α,β-unsaturated/α-hetero) is 1. The fourth-order valence-corrected chi connectivity index (χ4v) is 2.26. The monoisotopic (exact) mass is 251 g/mol. The molecule has 1 heterocycles. The maximum atomic E-state index is 11.8. The van der Waals surface area contributed by atoms with Crippen molar-refractivity contribution in [3.05, 3.63) is 33.7 Å². The van der Waals surface area contributed by atoms with E-state index < -0.39 is 0 Å². The van der Waals surface area contributed by atoms with Crippen LogP contribution in [0, 0.1) is 0 Å². The second-order valence-electron chi connectivity index (χ2n) is 4.30. The number of carbonyl (C=O) groups excluding carboxylic acids is 1. The number of fused-ring (bicyclic) bond motifs is 1. The van der Waals surface area contributed by atoms with Crippen LogP contribution in [0.15, 0.2) is 16.9 Å². The number of carbonyl (C=O) groups is 1. The number of hydrogen-bond donors (Lipinski definition) is 1. The molecule has 0 atom stereocenters. The third-order valence-corrected chi connectivity index (χ3v) is 3.11. The van der Waals surface area contributed by atoms with Gasteiger partial charge in [0, 0.05) is 30.3 Å². The van der Waals surface area contributed by atoms with Gasteiger partial charge in [-0.15, -0.1) is 0 Å². The molecule has 1 aliphatic carbocycles. The first-order chi connectivity index (χ1) is 8.74. The van der Waals surface area contributed by atoms with Crippen molar-refractivity contribution in [1.29, 1.82) is 0 Å². The van der Waals surface area contributed by atoms with Crippen molar-refractivity contribution in [1.82, 2.24) is 4.57 Å². The molecule has 0 saturated carbocycles. The number of pyridine rings is 1. The summed E-state index contributed by atoms with van der Waals surface area (Å²) in [5.41, 5.74) is 1.39. The molecule has 98 valence electrons. The Balaban J connectivity index is 2.20. The van der Waals surface area contributed by atoms with E-state index in [-0.39, 0.29) is 24.6 Å². The van der Waals surface area contributed by atoms with E-state index >= 15 is 0 Å². The summed E-state index contributed by atoms with van der Waals surface area (Å²) < 4.78 is 6.78. The van der Waals surface area contributed by atoms with Gasteiger partial charge in [0.1, 0.15) is 0 Å². The van der Waals surface area contributed by atoms with E-state index in [2.05, 4.69) is 0 Å². The zero-order valence-electron chi connectivity index (χ0n) is 10.2. The van der Waals surface area contributed by atoms with E-state index in [1.807, 2.05) is 0 Å². The van der Waals surface area contributed by atoms with Gasteiger partial charge in [0.25, 0.3) is 5.56 Å². The van der Waals surface area contributed by atoms with Crippen LogP contribution in [-0.2, 0) is 17.7 Å². The molecule has 1 N–H and O–H groups in total. The Morgan fingerprint density at radius 1 is 1.22 bits per heavy atom. The number of hydrogen-bond acceptors (Lipinski definition) is 4. The number of nitrogens with zero attached hydrogens (tertiary/aromatic N) is 1. The number of ether oxygens (including phenoxy) is 1. The van der Waals surface area contributed by atoms with E-state index in [1.54, 1.807) is 10.6 Å². The Kier molecular flexibility index (Phi) is 4.28. The average Bonchev–Trinajstić information content (AvgIpc) is 2.37. The molecular weight excluding hydrogens is 234 g/mol. The average molecular weight is 251 g/mol. The van der Waals surface area contributed by atoms with Gasteiger partial charge in [-0.05, 0) is 18.9 Å². The second-order valence-corrected chi connectivity index (χ2v) is 4.30. The SMILES string of the molecule is O=C1CCCc2c1ccc(=O)n2CCOCCO. The fourth-order valence-electron chi connectivity index (χ4n) is 2.26. The Labute approximate surface area is 105 Å². The van der Waals surface area contributed by atoms with Crippen LogP contribution in [0.1, 0.15) is 28.9 Å². The maximum absolute atomic E-state index is 11.8. The molecule has 0 amide bonds. The van der Waals surface area contributed by atoms with Crippen molar-refractivity contribution in [2.24, 2.45) is 0 Å². The van der Waals surface area contributed by atoms with Gasteiger partial charge in [0.05, 0.1) is 19.8 Å². The van der Waals surface area contributed by atoms with E-state index in [4.69, 9.17) is 9.84 Å². The smallest absolute Gasteiger partial charge is 0.250 e. The molecule has 1 aliphatic rings. The topological polar surface area (TPSA) is 68.5 Å². The standard InChI is InChI=1S/C13H17NO4/c15-7-9-18-8-6-14-11-2-1-3-12(16)10(11)4-5-13(14)17/h4-5,15H,1-3,6-9H2. The number of aliphatic hydroxyl groups is 1. The van der Waals surface area contributed by atoms with Crippen molar-refractivity contribution in [3.63, 3.8) is 0 Å². The normalized spacial score (nSPS) is 14.6. The molecule has 2 rings (SSSR count). The van der Waals surface area contributed by atoms with Gasteiger partial charge in [-0.1, -0.05) is 0 Å². The molecule has 5 heteroatoms. The first kappa shape index (κ1) is 13.0. The minimum Gasteiger partial charge on any atom is -0.394 e. The summed E-state index contributed by atoms with van der Waals surface area (Å²) in [6.07, 6.45) is 2.12. The number of aliphatic hydroxyl groups excluding tert-OH is 1. The van der Waals surface area contributed by atoms with Crippen LogP contribution in [-0.4, -0.2) is 35.3 Å². The molecule has 0 saturated heterocycles. The number of ketones is 1. The maximum Gasteiger partial charge on any atom is 0.250 e. The molecule has 18 heavy (non-hydrogen) atoms. The van der Waals surface area contributed by atoms with Gasteiger partial charge in [0.2, 0.25) is 0 Å². The van der Waals surface area contributed by atoms with Crippen molar-refractivity contribution in [3.8, 4) is 0 Å². The Bertz CT molecular complexity index is 492. The zero-order valence-corrected chi connectivity index (χ0v) is 10.2.